The van der Waals surface area contributed by atoms with Gasteiger partial charge in [0.15, 0.2) is 11.4 Å². The van der Waals surface area contributed by atoms with Crippen molar-refractivity contribution in [2.45, 2.75) is 19.4 Å². The van der Waals surface area contributed by atoms with E-state index in [1.54, 1.807) is 32.3 Å². The number of nitrogens with zero attached hydrogens (tertiary/aromatic N) is 2. The highest BCUT2D eigenvalue weighted by Crippen LogP contribution is 2.13. The van der Waals surface area contributed by atoms with Crippen molar-refractivity contribution in [2.24, 2.45) is 0 Å². The van der Waals surface area contributed by atoms with Gasteiger partial charge in [-0.25, -0.2) is 15.1 Å². The van der Waals surface area contributed by atoms with Crippen LogP contribution in [0.1, 0.15) is 19.7 Å². The molecule has 10 heavy (non-hydrogen) atoms. The Morgan fingerprint density at radius 2 is 1.80 bits per heavy atom. The van der Waals surface area contributed by atoms with Crippen LogP contribution in [-0.4, -0.2) is 9.97 Å². The Balaban J connectivity index is 2.97. The molecule has 0 aliphatic carbocycles. The molecule has 1 heterocycles. The summed E-state index contributed by atoms with van der Waals surface area (Å²) in [7, 11) is 0. The van der Waals surface area contributed by atoms with Gasteiger partial charge in [0.1, 0.15) is 0 Å². The minimum atomic E-state index is -1.18. The van der Waals surface area contributed by atoms with Crippen LogP contribution in [0.4, 0.5) is 0 Å². The molecule has 0 bridgehead atoms. The summed E-state index contributed by atoms with van der Waals surface area (Å²) in [4.78, 5) is 7.65. The van der Waals surface area contributed by atoms with Gasteiger partial charge < -0.3 is 0 Å². The second-order valence-electron chi connectivity index (χ2n) is 2.58. The number of aromatic nitrogens is 2. The van der Waals surface area contributed by atoms with Crippen molar-refractivity contribution in [3.8, 4) is 0 Å². The zero-order valence-corrected chi connectivity index (χ0v) is 6.03. The van der Waals surface area contributed by atoms with Crippen LogP contribution in [0, 0.1) is 0 Å². The van der Waals surface area contributed by atoms with Crippen LogP contribution in [0.15, 0.2) is 18.5 Å². The molecule has 0 amide bonds. The average Bonchev–Trinajstić information content (AvgIpc) is 1.88. The molecule has 0 fully saturated rings. The van der Waals surface area contributed by atoms with Crippen LogP contribution < -0.4 is 0 Å². The second kappa shape index (κ2) is 2.34. The summed E-state index contributed by atoms with van der Waals surface area (Å²) in [6.45, 7) is 3.09. The third kappa shape index (κ3) is 1.51. The Labute approximate surface area is 59.8 Å². The molecule has 0 spiro atoms. The van der Waals surface area contributed by atoms with Gasteiger partial charge in [0, 0.05) is 12.4 Å². The van der Waals surface area contributed by atoms with Gasteiger partial charge >= 0.3 is 0 Å². The van der Waals surface area contributed by atoms with Crippen molar-refractivity contribution in [1.82, 2.24) is 9.97 Å². The van der Waals surface area contributed by atoms with Crippen LogP contribution in [0.5, 0.6) is 0 Å². The molecular formula is C7H9N2O. The minimum absolute atomic E-state index is 0.343. The standard InChI is InChI=1S/C7H9N2O/c1-7(2,10)6-8-4-3-5-9-6/h3-5H,1-2H3. The molecule has 3 nitrogen and oxygen atoms in total. The molecule has 3 heteroatoms. The van der Waals surface area contributed by atoms with Gasteiger partial charge in [-0.2, -0.15) is 0 Å². The van der Waals surface area contributed by atoms with Gasteiger partial charge in [0.25, 0.3) is 0 Å². The van der Waals surface area contributed by atoms with Crippen LogP contribution >= 0.6 is 0 Å². The summed E-state index contributed by atoms with van der Waals surface area (Å²) in [5.41, 5.74) is -1.18. The first-order valence-corrected chi connectivity index (χ1v) is 3.08. The Morgan fingerprint density at radius 1 is 1.30 bits per heavy atom. The summed E-state index contributed by atoms with van der Waals surface area (Å²) in [5, 5.41) is 11.2. The maximum atomic E-state index is 11.2. The summed E-state index contributed by atoms with van der Waals surface area (Å²) in [6.07, 6.45) is 3.14. The topological polar surface area (TPSA) is 45.7 Å². The van der Waals surface area contributed by atoms with Crippen LogP contribution in [0.2, 0.25) is 0 Å². The Hall–Kier alpha value is -0.960. The van der Waals surface area contributed by atoms with E-state index in [-0.39, 0.29) is 0 Å². The van der Waals surface area contributed by atoms with E-state index < -0.39 is 5.60 Å². The first-order chi connectivity index (χ1) is 4.61. The molecule has 53 valence electrons. The molecule has 0 N–H and O–H groups in total. The van der Waals surface area contributed by atoms with Gasteiger partial charge in [0.05, 0.1) is 0 Å². The van der Waals surface area contributed by atoms with E-state index in [0.29, 0.717) is 5.82 Å². The molecule has 0 aliphatic heterocycles. The Bertz CT molecular complexity index is 203. The number of hydrogen-bond donors (Lipinski definition) is 0. The van der Waals surface area contributed by atoms with E-state index in [9.17, 15) is 5.11 Å². The molecule has 0 saturated heterocycles. The van der Waals surface area contributed by atoms with Crippen LogP contribution in [-0.2, 0) is 10.7 Å². The lowest BCUT2D eigenvalue weighted by Gasteiger charge is -2.10. The molecule has 0 aliphatic rings. The molecule has 0 saturated carbocycles. The zero-order chi connectivity index (χ0) is 7.61. The molecule has 1 aromatic heterocycles. The van der Waals surface area contributed by atoms with Gasteiger partial charge in [0.2, 0.25) is 0 Å². The smallest absolute Gasteiger partial charge is 0.163 e. The first kappa shape index (κ1) is 7.15. The molecule has 1 rings (SSSR count). The average molecular weight is 137 g/mol. The van der Waals surface area contributed by atoms with E-state index >= 15 is 0 Å². The third-order valence-electron chi connectivity index (χ3n) is 1.10. The molecule has 1 aromatic rings. The molecule has 1 radical (unpaired) electrons. The second-order valence-corrected chi connectivity index (χ2v) is 2.58. The van der Waals surface area contributed by atoms with E-state index in [4.69, 9.17) is 0 Å². The van der Waals surface area contributed by atoms with Gasteiger partial charge in [-0.3, -0.25) is 0 Å². The van der Waals surface area contributed by atoms with Gasteiger partial charge in [-0.05, 0) is 19.9 Å². The largest absolute Gasteiger partial charge is 0.238 e. The van der Waals surface area contributed by atoms with E-state index in [1.807, 2.05) is 0 Å². The predicted octanol–water partition coefficient (Wildman–Crippen LogP) is 1.14. The molecule has 0 aromatic carbocycles. The molecule has 0 unspecified atom stereocenters. The number of rotatable bonds is 1. The van der Waals surface area contributed by atoms with Crippen molar-refractivity contribution in [3.05, 3.63) is 24.3 Å². The van der Waals surface area contributed by atoms with Crippen molar-refractivity contribution in [2.75, 3.05) is 0 Å². The van der Waals surface area contributed by atoms with Crippen molar-refractivity contribution in [3.63, 3.8) is 0 Å². The van der Waals surface area contributed by atoms with Crippen molar-refractivity contribution >= 4 is 0 Å². The lowest BCUT2D eigenvalue weighted by atomic mass is 10.1. The first-order valence-electron chi connectivity index (χ1n) is 3.08. The maximum absolute atomic E-state index is 11.2. The van der Waals surface area contributed by atoms with E-state index in [2.05, 4.69) is 9.97 Å². The lowest BCUT2D eigenvalue weighted by Crippen LogP contribution is -2.17. The minimum Gasteiger partial charge on any atom is -0.238 e. The summed E-state index contributed by atoms with van der Waals surface area (Å²) in [6, 6.07) is 1.69. The summed E-state index contributed by atoms with van der Waals surface area (Å²) in [5.74, 6) is 0.343. The molecule has 0 atom stereocenters. The zero-order valence-electron chi connectivity index (χ0n) is 6.03. The normalized spacial score (nSPS) is 11.5. The van der Waals surface area contributed by atoms with Gasteiger partial charge in [-0.15, -0.1) is 0 Å². The Morgan fingerprint density at radius 3 is 2.10 bits per heavy atom. The summed E-state index contributed by atoms with van der Waals surface area (Å²) < 4.78 is 0. The monoisotopic (exact) mass is 137 g/mol. The Kier molecular flexibility index (Phi) is 1.68. The van der Waals surface area contributed by atoms with Gasteiger partial charge in [-0.1, -0.05) is 0 Å². The highest BCUT2D eigenvalue weighted by atomic mass is 16.3. The summed E-state index contributed by atoms with van der Waals surface area (Å²) >= 11 is 0. The quantitative estimate of drug-likeness (QED) is 0.582. The number of hydrogen-bond acceptors (Lipinski definition) is 2. The highest BCUT2D eigenvalue weighted by molar-refractivity contribution is 4.96. The lowest BCUT2D eigenvalue weighted by molar-refractivity contribution is -0.00804. The maximum Gasteiger partial charge on any atom is 0.163 e. The van der Waals surface area contributed by atoms with E-state index in [1.165, 1.54) is 0 Å². The van der Waals surface area contributed by atoms with E-state index in [0.717, 1.165) is 0 Å². The fourth-order valence-corrected chi connectivity index (χ4v) is 0.610. The van der Waals surface area contributed by atoms with Crippen molar-refractivity contribution in [1.29, 1.82) is 0 Å². The van der Waals surface area contributed by atoms with Crippen molar-refractivity contribution < 1.29 is 5.11 Å². The fraction of sp³-hybridized carbons (Fsp3) is 0.429. The predicted molar refractivity (Wildman–Crippen MR) is 35.7 cm³/mol. The van der Waals surface area contributed by atoms with Crippen LogP contribution in [0.25, 0.3) is 0 Å². The SMILES string of the molecule is CC(C)([O])c1ncccn1. The highest BCUT2D eigenvalue weighted by Gasteiger charge is 2.20. The third-order valence-corrected chi connectivity index (χ3v) is 1.10. The van der Waals surface area contributed by atoms with Crippen LogP contribution in [0.3, 0.4) is 0 Å². The molecular weight excluding hydrogens is 128 g/mol. The fourth-order valence-electron chi connectivity index (χ4n) is 0.610.